The summed E-state index contributed by atoms with van der Waals surface area (Å²) < 4.78 is 10.4. The van der Waals surface area contributed by atoms with Crippen LogP contribution in [0.4, 0.5) is 10.5 Å². The highest BCUT2D eigenvalue weighted by Crippen LogP contribution is 2.34. The van der Waals surface area contributed by atoms with Gasteiger partial charge in [-0.25, -0.2) is 4.79 Å². The molecule has 9 nitrogen and oxygen atoms in total. The molecule has 3 amide bonds. The molecule has 2 aliphatic rings. The normalized spacial score (nSPS) is 19.3. The number of aliphatic carboxylic acids is 1. The van der Waals surface area contributed by atoms with Gasteiger partial charge in [0.2, 0.25) is 12.7 Å². The lowest BCUT2D eigenvalue weighted by atomic mass is 10.0. The fraction of sp³-hybridized carbons (Fsp3) is 0.438. The Morgan fingerprint density at radius 3 is 2.80 bits per heavy atom. The molecule has 134 valence electrons. The van der Waals surface area contributed by atoms with Gasteiger partial charge in [-0.15, -0.1) is 0 Å². The van der Waals surface area contributed by atoms with E-state index in [0.717, 1.165) is 12.8 Å². The fourth-order valence-electron chi connectivity index (χ4n) is 2.95. The molecule has 1 saturated heterocycles. The summed E-state index contributed by atoms with van der Waals surface area (Å²) in [6.07, 6.45) is 2.16. The third-order valence-electron chi connectivity index (χ3n) is 4.13. The number of nitrogens with zero attached hydrogens (tertiary/aromatic N) is 1. The van der Waals surface area contributed by atoms with Gasteiger partial charge in [0.05, 0.1) is 6.54 Å². The highest BCUT2D eigenvalue weighted by atomic mass is 16.7. The molecule has 2 aliphatic heterocycles. The van der Waals surface area contributed by atoms with E-state index in [1.54, 1.807) is 23.1 Å². The van der Waals surface area contributed by atoms with Crippen LogP contribution >= 0.6 is 0 Å². The van der Waals surface area contributed by atoms with Crippen LogP contribution in [0, 0.1) is 0 Å². The van der Waals surface area contributed by atoms with Gasteiger partial charge < -0.3 is 19.9 Å². The van der Waals surface area contributed by atoms with Gasteiger partial charge in [-0.1, -0.05) is 6.42 Å². The number of anilines is 1. The van der Waals surface area contributed by atoms with Crippen LogP contribution in [0.1, 0.15) is 19.3 Å². The average molecular weight is 349 g/mol. The molecule has 3 N–H and O–H groups in total. The van der Waals surface area contributed by atoms with Crippen molar-refractivity contribution in [3.05, 3.63) is 18.2 Å². The summed E-state index contributed by atoms with van der Waals surface area (Å²) >= 11 is 0. The molecule has 1 fully saturated rings. The second-order valence-corrected chi connectivity index (χ2v) is 5.89. The SMILES string of the molecule is O=C(CN1CCCCC1C(=O)O)NC(=O)Nc1ccc2c(c1)OCO2. The molecule has 3 rings (SSSR count). The van der Waals surface area contributed by atoms with Crippen LogP contribution in [0.25, 0.3) is 0 Å². The molecule has 0 aliphatic carbocycles. The molecule has 1 atom stereocenters. The number of urea groups is 1. The van der Waals surface area contributed by atoms with E-state index in [9.17, 15) is 19.5 Å². The van der Waals surface area contributed by atoms with E-state index in [0.29, 0.717) is 30.2 Å². The monoisotopic (exact) mass is 349 g/mol. The van der Waals surface area contributed by atoms with Crippen LogP contribution < -0.4 is 20.1 Å². The minimum absolute atomic E-state index is 0.129. The van der Waals surface area contributed by atoms with E-state index >= 15 is 0 Å². The van der Waals surface area contributed by atoms with E-state index in [-0.39, 0.29) is 13.3 Å². The summed E-state index contributed by atoms with van der Waals surface area (Å²) in [5.74, 6) is -0.391. The summed E-state index contributed by atoms with van der Waals surface area (Å²) in [7, 11) is 0. The lowest BCUT2D eigenvalue weighted by molar-refractivity contribution is -0.145. The first-order chi connectivity index (χ1) is 12.0. The lowest BCUT2D eigenvalue weighted by Gasteiger charge is -2.31. The lowest BCUT2D eigenvalue weighted by Crippen LogP contribution is -2.50. The predicted octanol–water partition coefficient (Wildman–Crippen LogP) is 1.00. The molecule has 0 spiro atoms. The van der Waals surface area contributed by atoms with E-state index < -0.39 is 23.9 Å². The summed E-state index contributed by atoms with van der Waals surface area (Å²) in [6.45, 7) is 0.518. The van der Waals surface area contributed by atoms with Crippen LogP contribution in [0.5, 0.6) is 11.5 Å². The summed E-state index contributed by atoms with van der Waals surface area (Å²) in [4.78, 5) is 36.8. The minimum Gasteiger partial charge on any atom is -0.480 e. The topological polar surface area (TPSA) is 117 Å². The largest absolute Gasteiger partial charge is 0.480 e. The number of hydrogen-bond acceptors (Lipinski definition) is 6. The van der Waals surface area contributed by atoms with Crippen molar-refractivity contribution in [1.82, 2.24) is 10.2 Å². The minimum atomic E-state index is -0.947. The predicted molar refractivity (Wildman–Crippen MR) is 86.6 cm³/mol. The van der Waals surface area contributed by atoms with E-state index in [2.05, 4.69) is 10.6 Å². The number of nitrogens with one attached hydrogen (secondary N) is 2. The van der Waals surface area contributed by atoms with Crippen LogP contribution in [0.2, 0.25) is 0 Å². The van der Waals surface area contributed by atoms with Crippen LogP contribution in [0.15, 0.2) is 18.2 Å². The maximum atomic E-state index is 12.0. The van der Waals surface area contributed by atoms with Crippen molar-refractivity contribution in [3.8, 4) is 11.5 Å². The van der Waals surface area contributed by atoms with E-state index in [4.69, 9.17) is 9.47 Å². The van der Waals surface area contributed by atoms with Crippen molar-refractivity contribution in [2.24, 2.45) is 0 Å². The van der Waals surface area contributed by atoms with E-state index in [1.807, 2.05) is 0 Å². The Balaban J connectivity index is 1.52. The van der Waals surface area contributed by atoms with Crippen LogP contribution in [0.3, 0.4) is 0 Å². The van der Waals surface area contributed by atoms with Crippen molar-refractivity contribution < 1.29 is 29.0 Å². The Bertz CT molecular complexity index is 692. The average Bonchev–Trinajstić information content (AvgIpc) is 3.02. The number of carboxylic acid groups (broad SMARTS) is 1. The highest BCUT2D eigenvalue weighted by molar-refractivity contribution is 6.02. The second-order valence-electron chi connectivity index (χ2n) is 5.89. The van der Waals surface area contributed by atoms with Gasteiger partial charge in [0.15, 0.2) is 11.5 Å². The van der Waals surface area contributed by atoms with Crippen LogP contribution in [-0.4, -0.2) is 53.8 Å². The molecule has 1 unspecified atom stereocenters. The number of rotatable bonds is 4. The van der Waals surface area contributed by atoms with Gasteiger partial charge in [-0.3, -0.25) is 19.8 Å². The Hall–Kier alpha value is -2.81. The summed E-state index contributed by atoms with van der Waals surface area (Å²) in [6, 6.07) is 3.51. The quantitative estimate of drug-likeness (QED) is 0.742. The zero-order chi connectivity index (χ0) is 17.8. The number of piperidine rings is 1. The number of carboxylic acids is 1. The van der Waals surface area contributed by atoms with Gasteiger partial charge in [-0.2, -0.15) is 0 Å². The van der Waals surface area contributed by atoms with Gasteiger partial charge in [0.25, 0.3) is 0 Å². The van der Waals surface area contributed by atoms with E-state index in [1.165, 1.54) is 0 Å². The third-order valence-corrected chi connectivity index (χ3v) is 4.13. The molecule has 0 bridgehead atoms. The molecule has 2 heterocycles. The van der Waals surface area contributed by atoms with Crippen LogP contribution in [-0.2, 0) is 9.59 Å². The summed E-state index contributed by atoms with van der Waals surface area (Å²) in [5.41, 5.74) is 0.455. The molecule has 25 heavy (non-hydrogen) atoms. The first-order valence-corrected chi connectivity index (χ1v) is 8.00. The van der Waals surface area contributed by atoms with Crippen molar-refractivity contribution in [2.45, 2.75) is 25.3 Å². The Labute approximate surface area is 143 Å². The number of carbonyl (C=O) groups excluding carboxylic acids is 2. The Kier molecular flexibility index (Phi) is 5.03. The number of likely N-dealkylation sites (tertiary alicyclic amines) is 1. The molecular formula is C16H19N3O6. The Morgan fingerprint density at radius 2 is 2.00 bits per heavy atom. The zero-order valence-electron chi connectivity index (χ0n) is 13.5. The van der Waals surface area contributed by atoms with Gasteiger partial charge in [-0.05, 0) is 31.5 Å². The standard InChI is InChI=1S/C16H19N3O6/c20-14(8-19-6-2-1-3-11(19)15(21)22)18-16(23)17-10-4-5-12-13(7-10)25-9-24-12/h4-5,7,11H,1-3,6,8-9H2,(H,21,22)(H2,17,18,20,23). The number of imide groups is 1. The zero-order valence-corrected chi connectivity index (χ0v) is 13.5. The number of amides is 3. The number of benzene rings is 1. The Morgan fingerprint density at radius 1 is 1.20 bits per heavy atom. The molecule has 9 heteroatoms. The fourth-order valence-corrected chi connectivity index (χ4v) is 2.95. The van der Waals surface area contributed by atoms with Gasteiger partial charge >= 0.3 is 12.0 Å². The molecule has 1 aromatic rings. The molecule has 0 aromatic heterocycles. The van der Waals surface area contributed by atoms with Gasteiger partial charge in [0.1, 0.15) is 6.04 Å². The van der Waals surface area contributed by atoms with Crippen molar-refractivity contribution in [3.63, 3.8) is 0 Å². The maximum Gasteiger partial charge on any atom is 0.325 e. The number of hydrogen-bond donors (Lipinski definition) is 3. The first kappa shape index (κ1) is 17.0. The van der Waals surface area contributed by atoms with Crippen molar-refractivity contribution in [2.75, 3.05) is 25.2 Å². The first-order valence-electron chi connectivity index (χ1n) is 8.00. The molecule has 0 saturated carbocycles. The summed E-state index contributed by atoms with van der Waals surface area (Å²) in [5, 5.41) is 13.9. The number of ether oxygens (including phenoxy) is 2. The number of fused-ring (bicyclic) bond motifs is 1. The molecule has 0 radical (unpaired) electrons. The number of carbonyl (C=O) groups is 3. The van der Waals surface area contributed by atoms with Gasteiger partial charge in [0, 0.05) is 11.8 Å². The third kappa shape index (κ3) is 4.18. The maximum absolute atomic E-state index is 12.0. The second kappa shape index (κ2) is 7.39. The molecular weight excluding hydrogens is 330 g/mol. The smallest absolute Gasteiger partial charge is 0.325 e. The van der Waals surface area contributed by atoms with Crippen molar-refractivity contribution >= 4 is 23.6 Å². The molecule has 1 aromatic carbocycles. The van der Waals surface area contributed by atoms with Crippen molar-refractivity contribution in [1.29, 1.82) is 0 Å². The highest BCUT2D eigenvalue weighted by Gasteiger charge is 2.30.